The van der Waals surface area contributed by atoms with Crippen LogP contribution in [0.1, 0.15) is 36.0 Å². The summed E-state index contributed by atoms with van der Waals surface area (Å²) in [5.41, 5.74) is 14.4. The molecule has 0 saturated carbocycles. The molecular formula is C31H32FN3OS. The van der Waals surface area contributed by atoms with Crippen molar-refractivity contribution in [2.45, 2.75) is 30.3 Å². The first-order chi connectivity index (χ1) is 18.2. The molecule has 0 radical (unpaired) electrons. The van der Waals surface area contributed by atoms with Gasteiger partial charge in [-0.1, -0.05) is 30.3 Å². The summed E-state index contributed by atoms with van der Waals surface area (Å²) < 4.78 is 18.9. The molecule has 1 aromatic heterocycles. The maximum atomic E-state index is 12.5. The smallest absolute Gasteiger partial charge is 0.119 e. The van der Waals surface area contributed by atoms with Crippen molar-refractivity contribution in [3.8, 4) is 5.75 Å². The fraction of sp³-hybridized carbons (Fsp3) is 0.290. The summed E-state index contributed by atoms with van der Waals surface area (Å²) in [6.07, 6.45) is 4.70. The Hall–Kier alpha value is -3.22. The Kier molecular flexibility index (Phi) is 6.94. The molecule has 4 nitrogen and oxygen atoms in total. The quantitative estimate of drug-likeness (QED) is 0.261. The van der Waals surface area contributed by atoms with E-state index in [4.69, 9.17) is 10.5 Å². The van der Waals surface area contributed by atoms with Crippen LogP contribution in [0.5, 0.6) is 5.75 Å². The molecule has 2 aliphatic rings. The van der Waals surface area contributed by atoms with Gasteiger partial charge in [-0.05, 0) is 88.9 Å². The molecule has 0 aliphatic carbocycles. The third-order valence-corrected chi connectivity index (χ3v) is 8.43. The van der Waals surface area contributed by atoms with E-state index in [0.717, 1.165) is 55.2 Å². The molecule has 0 spiro atoms. The number of likely N-dealkylation sites (tertiary alicyclic amines) is 1. The maximum absolute atomic E-state index is 12.5. The van der Waals surface area contributed by atoms with Crippen LogP contribution in [-0.2, 0) is 0 Å². The Morgan fingerprint density at radius 1 is 1.03 bits per heavy atom. The van der Waals surface area contributed by atoms with Crippen LogP contribution < -0.4 is 10.5 Å². The third kappa shape index (κ3) is 5.13. The van der Waals surface area contributed by atoms with E-state index >= 15 is 0 Å². The van der Waals surface area contributed by atoms with Crippen LogP contribution in [-0.4, -0.2) is 48.0 Å². The SMILES string of the molecule is Nc1ccc2c(c1)SCCC(c1ccc3cc[nH]c3c1)=C2c1ccc(OC2CCN(CCCF)C2)cc1. The summed E-state index contributed by atoms with van der Waals surface area (Å²) in [7, 11) is 0. The minimum atomic E-state index is -0.256. The lowest BCUT2D eigenvalue weighted by Gasteiger charge is -2.18. The number of H-pyrrole nitrogens is 1. The number of hydrogen-bond acceptors (Lipinski definition) is 4. The van der Waals surface area contributed by atoms with Gasteiger partial charge in [0, 0.05) is 47.7 Å². The van der Waals surface area contributed by atoms with Crippen molar-refractivity contribution in [3.63, 3.8) is 0 Å². The number of nitrogens with one attached hydrogen (secondary N) is 1. The van der Waals surface area contributed by atoms with Gasteiger partial charge in [0.1, 0.15) is 11.9 Å². The Morgan fingerprint density at radius 3 is 2.76 bits per heavy atom. The number of hydrogen-bond donors (Lipinski definition) is 2. The highest BCUT2D eigenvalue weighted by Crippen LogP contribution is 2.44. The van der Waals surface area contributed by atoms with Crippen LogP contribution >= 0.6 is 11.8 Å². The zero-order chi connectivity index (χ0) is 25.2. The fourth-order valence-corrected chi connectivity index (χ4v) is 6.61. The highest BCUT2D eigenvalue weighted by molar-refractivity contribution is 7.99. The van der Waals surface area contributed by atoms with Crippen molar-refractivity contribution in [1.29, 1.82) is 0 Å². The van der Waals surface area contributed by atoms with Gasteiger partial charge in [-0.3, -0.25) is 9.29 Å². The van der Waals surface area contributed by atoms with E-state index in [1.165, 1.54) is 38.1 Å². The number of halogens is 1. The predicted molar refractivity (Wildman–Crippen MR) is 153 cm³/mol. The van der Waals surface area contributed by atoms with Crippen molar-refractivity contribution in [1.82, 2.24) is 9.88 Å². The lowest BCUT2D eigenvalue weighted by atomic mass is 9.88. The summed E-state index contributed by atoms with van der Waals surface area (Å²) in [6.45, 7) is 2.39. The molecule has 1 saturated heterocycles. The number of rotatable bonds is 7. The summed E-state index contributed by atoms with van der Waals surface area (Å²) in [6, 6.07) is 23.6. The number of aromatic nitrogens is 1. The number of nitrogens with two attached hydrogens (primary N) is 1. The van der Waals surface area contributed by atoms with E-state index in [1.54, 1.807) is 0 Å². The monoisotopic (exact) mass is 513 g/mol. The molecular weight excluding hydrogens is 481 g/mol. The lowest BCUT2D eigenvalue weighted by Crippen LogP contribution is -2.26. The number of fused-ring (bicyclic) bond motifs is 2. The van der Waals surface area contributed by atoms with Gasteiger partial charge < -0.3 is 15.5 Å². The van der Waals surface area contributed by atoms with Gasteiger partial charge in [0.2, 0.25) is 0 Å². The molecule has 6 rings (SSSR count). The molecule has 6 heteroatoms. The van der Waals surface area contributed by atoms with Crippen molar-refractivity contribution in [2.24, 2.45) is 0 Å². The van der Waals surface area contributed by atoms with Gasteiger partial charge in [0.15, 0.2) is 0 Å². The van der Waals surface area contributed by atoms with Crippen molar-refractivity contribution in [3.05, 3.63) is 89.6 Å². The van der Waals surface area contributed by atoms with Crippen molar-refractivity contribution < 1.29 is 9.13 Å². The van der Waals surface area contributed by atoms with Crippen LogP contribution in [0.25, 0.3) is 22.0 Å². The Balaban J connectivity index is 1.35. The number of ether oxygens (including phenoxy) is 1. The normalized spacial score (nSPS) is 18.2. The van der Waals surface area contributed by atoms with E-state index in [0.29, 0.717) is 6.42 Å². The van der Waals surface area contributed by atoms with E-state index in [9.17, 15) is 4.39 Å². The summed E-state index contributed by atoms with van der Waals surface area (Å²) in [5, 5.41) is 1.22. The van der Waals surface area contributed by atoms with E-state index in [1.807, 2.05) is 24.0 Å². The number of thioether (sulfide) groups is 1. The number of nitrogen functional groups attached to an aromatic ring is 1. The Morgan fingerprint density at radius 2 is 1.89 bits per heavy atom. The van der Waals surface area contributed by atoms with Gasteiger partial charge in [-0.15, -0.1) is 11.8 Å². The fourth-order valence-electron chi connectivity index (χ4n) is 5.54. The van der Waals surface area contributed by atoms with E-state index in [-0.39, 0.29) is 12.8 Å². The largest absolute Gasteiger partial charge is 0.489 e. The predicted octanol–water partition coefficient (Wildman–Crippen LogP) is 7.02. The average molecular weight is 514 g/mol. The standard InChI is InChI=1S/C31H32FN3OS/c32-13-1-15-35-16-11-26(20-35)36-25-7-4-22(5-8-25)31-27(23-3-2-21-10-14-34-29(21)18-23)12-17-37-30-19-24(33)6-9-28(30)31/h2-10,14,18-19,26,34H,1,11-13,15-17,20,33H2. The molecule has 3 N–H and O–H groups in total. The maximum Gasteiger partial charge on any atom is 0.119 e. The number of alkyl halides is 1. The molecule has 3 heterocycles. The molecule has 190 valence electrons. The van der Waals surface area contributed by atoms with Crippen molar-refractivity contribution in [2.75, 3.05) is 37.8 Å². The van der Waals surface area contributed by atoms with Gasteiger partial charge >= 0.3 is 0 Å². The highest BCUT2D eigenvalue weighted by Gasteiger charge is 2.24. The zero-order valence-electron chi connectivity index (χ0n) is 20.9. The number of anilines is 1. The number of aromatic amines is 1. The molecule has 4 aromatic rings. The zero-order valence-corrected chi connectivity index (χ0v) is 21.7. The van der Waals surface area contributed by atoms with E-state index in [2.05, 4.69) is 70.5 Å². The summed E-state index contributed by atoms with van der Waals surface area (Å²) >= 11 is 1.87. The lowest BCUT2D eigenvalue weighted by molar-refractivity contribution is 0.198. The molecule has 3 aromatic carbocycles. The van der Waals surface area contributed by atoms with Gasteiger partial charge in [-0.2, -0.15) is 0 Å². The first-order valence-corrected chi connectivity index (χ1v) is 14.1. The molecule has 2 aliphatic heterocycles. The number of nitrogens with zero attached hydrogens (tertiary/aromatic N) is 1. The first kappa shape index (κ1) is 24.1. The van der Waals surface area contributed by atoms with Gasteiger partial charge in [0.25, 0.3) is 0 Å². The molecule has 0 amide bonds. The molecule has 1 unspecified atom stereocenters. The Labute approximate surface area is 221 Å². The summed E-state index contributed by atoms with van der Waals surface area (Å²) in [4.78, 5) is 6.89. The van der Waals surface area contributed by atoms with Crippen LogP contribution in [0.15, 0.2) is 77.8 Å². The molecule has 0 bridgehead atoms. The first-order valence-electron chi connectivity index (χ1n) is 13.1. The van der Waals surface area contributed by atoms with Crippen LogP contribution in [0, 0.1) is 0 Å². The molecule has 37 heavy (non-hydrogen) atoms. The Bertz CT molecular complexity index is 1430. The topological polar surface area (TPSA) is 54.3 Å². The minimum absolute atomic E-state index is 0.158. The highest BCUT2D eigenvalue weighted by atomic mass is 32.2. The second-order valence-corrected chi connectivity index (χ2v) is 11.0. The number of allylic oxidation sites excluding steroid dienone is 1. The third-order valence-electron chi connectivity index (χ3n) is 7.37. The van der Waals surface area contributed by atoms with Gasteiger partial charge in [-0.25, -0.2) is 0 Å². The summed E-state index contributed by atoms with van der Waals surface area (Å²) in [5.74, 6) is 1.89. The van der Waals surface area contributed by atoms with E-state index < -0.39 is 0 Å². The van der Waals surface area contributed by atoms with Gasteiger partial charge in [0.05, 0.1) is 6.67 Å². The van der Waals surface area contributed by atoms with Crippen LogP contribution in [0.3, 0.4) is 0 Å². The van der Waals surface area contributed by atoms with Crippen LogP contribution in [0.4, 0.5) is 10.1 Å². The average Bonchev–Trinajstić information content (AvgIpc) is 3.53. The van der Waals surface area contributed by atoms with Crippen molar-refractivity contribution >= 4 is 39.5 Å². The minimum Gasteiger partial charge on any atom is -0.489 e. The molecule has 1 fully saturated rings. The molecule has 1 atom stereocenters. The number of benzene rings is 3. The van der Waals surface area contributed by atoms with Crippen LogP contribution in [0.2, 0.25) is 0 Å². The second kappa shape index (κ2) is 10.6. The second-order valence-electron chi connectivity index (χ2n) is 9.88.